The Labute approximate surface area is 131 Å². The Morgan fingerprint density at radius 1 is 1.18 bits per heavy atom. The molecule has 1 aliphatic carbocycles. The molecular formula is C18H24O4. The molecular weight excluding hydrogens is 280 g/mol. The third-order valence-electron chi connectivity index (χ3n) is 5.20. The van der Waals surface area contributed by atoms with Crippen molar-refractivity contribution in [1.29, 1.82) is 0 Å². The minimum absolute atomic E-state index is 0.219. The van der Waals surface area contributed by atoms with Crippen LogP contribution in [0, 0.1) is 16.7 Å². The van der Waals surface area contributed by atoms with E-state index in [1.54, 1.807) is 19.1 Å². The quantitative estimate of drug-likeness (QED) is 0.630. The lowest BCUT2D eigenvalue weighted by Gasteiger charge is -2.38. The van der Waals surface area contributed by atoms with Crippen molar-refractivity contribution in [3.05, 3.63) is 30.3 Å². The van der Waals surface area contributed by atoms with Gasteiger partial charge in [-0.05, 0) is 44.2 Å². The van der Waals surface area contributed by atoms with E-state index in [2.05, 4.69) is 0 Å². The Morgan fingerprint density at radius 3 is 2.41 bits per heavy atom. The Kier molecular flexibility index (Phi) is 4.59. The molecule has 4 nitrogen and oxygen atoms in total. The summed E-state index contributed by atoms with van der Waals surface area (Å²) in [7, 11) is 0. The number of ether oxygens (including phenoxy) is 2. The van der Waals surface area contributed by atoms with E-state index in [4.69, 9.17) is 9.47 Å². The Balaban J connectivity index is 2.19. The summed E-state index contributed by atoms with van der Waals surface area (Å²) in [5, 5.41) is 0. The summed E-state index contributed by atoms with van der Waals surface area (Å²) in [6.45, 7) is 7.94. The number of carbonyl (C=O) groups excluding carboxylic acids is 2. The van der Waals surface area contributed by atoms with E-state index in [9.17, 15) is 9.59 Å². The lowest BCUT2D eigenvalue weighted by Crippen LogP contribution is -2.45. The zero-order chi connectivity index (χ0) is 16.4. The van der Waals surface area contributed by atoms with Gasteiger partial charge in [0.2, 0.25) is 0 Å². The predicted molar refractivity (Wildman–Crippen MR) is 83.3 cm³/mol. The molecule has 0 aliphatic heterocycles. The average Bonchev–Trinajstić information content (AvgIpc) is 2.72. The van der Waals surface area contributed by atoms with Gasteiger partial charge in [-0.2, -0.15) is 0 Å². The first-order valence-electron chi connectivity index (χ1n) is 7.77. The number of esters is 2. The van der Waals surface area contributed by atoms with Gasteiger partial charge in [0.1, 0.15) is 5.75 Å². The van der Waals surface area contributed by atoms with Crippen molar-refractivity contribution >= 4 is 11.9 Å². The van der Waals surface area contributed by atoms with E-state index in [1.807, 2.05) is 39.0 Å². The highest BCUT2D eigenvalue weighted by molar-refractivity contribution is 5.83. The van der Waals surface area contributed by atoms with Gasteiger partial charge in [-0.15, -0.1) is 0 Å². The lowest BCUT2D eigenvalue weighted by molar-refractivity contribution is -0.158. The van der Waals surface area contributed by atoms with Crippen molar-refractivity contribution in [2.45, 2.75) is 40.5 Å². The third kappa shape index (κ3) is 2.74. The highest BCUT2D eigenvalue weighted by atomic mass is 16.5. The smallest absolute Gasteiger partial charge is 0.317 e. The first-order chi connectivity index (χ1) is 10.3. The fourth-order valence-corrected chi connectivity index (χ4v) is 3.23. The number of carbonyl (C=O) groups is 2. The standard InChI is InChI=1S/C18H24O4/c1-5-21-15(19)14-11-12-18(4,17(14,2)3)16(20)22-13-9-7-6-8-10-13/h6-10,14H,5,11-12H2,1-4H3/t14-,18+/m1/s1. The van der Waals surface area contributed by atoms with E-state index >= 15 is 0 Å². The second-order valence-corrected chi connectivity index (χ2v) is 6.60. The molecule has 0 unspecified atom stereocenters. The van der Waals surface area contributed by atoms with Gasteiger partial charge in [0.05, 0.1) is 17.9 Å². The van der Waals surface area contributed by atoms with Gasteiger partial charge in [0, 0.05) is 0 Å². The second kappa shape index (κ2) is 6.11. The monoisotopic (exact) mass is 304 g/mol. The predicted octanol–water partition coefficient (Wildman–Crippen LogP) is 3.60. The van der Waals surface area contributed by atoms with Crippen LogP contribution in [0.3, 0.4) is 0 Å². The maximum Gasteiger partial charge on any atom is 0.317 e. The first kappa shape index (κ1) is 16.5. The summed E-state index contributed by atoms with van der Waals surface area (Å²) in [5.41, 5.74) is -1.22. The van der Waals surface area contributed by atoms with Gasteiger partial charge in [-0.3, -0.25) is 9.59 Å². The van der Waals surface area contributed by atoms with Crippen LogP contribution in [0.1, 0.15) is 40.5 Å². The molecule has 0 radical (unpaired) electrons. The normalized spacial score (nSPS) is 26.5. The Hall–Kier alpha value is -1.84. The van der Waals surface area contributed by atoms with Gasteiger partial charge in [-0.1, -0.05) is 32.0 Å². The first-order valence-corrected chi connectivity index (χ1v) is 7.77. The van der Waals surface area contributed by atoms with Crippen molar-refractivity contribution in [2.75, 3.05) is 6.61 Å². The maximum absolute atomic E-state index is 12.7. The van der Waals surface area contributed by atoms with Crippen LogP contribution in [0.4, 0.5) is 0 Å². The minimum Gasteiger partial charge on any atom is -0.466 e. The van der Waals surface area contributed by atoms with E-state index in [1.165, 1.54) is 0 Å². The summed E-state index contributed by atoms with van der Waals surface area (Å²) in [5.74, 6) is -0.246. The summed E-state index contributed by atoms with van der Waals surface area (Å²) in [6, 6.07) is 9.03. The molecule has 22 heavy (non-hydrogen) atoms. The topological polar surface area (TPSA) is 52.6 Å². The van der Waals surface area contributed by atoms with Crippen molar-refractivity contribution in [3.8, 4) is 5.75 Å². The van der Waals surface area contributed by atoms with Crippen LogP contribution in [0.25, 0.3) is 0 Å². The fourth-order valence-electron chi connectivity index (χ4n) is 3.23. The van der Waals surface area contributed by atoms with Crippen LogP contribution in [-0.4, -0.2) is 18.5 Å². The van der Waals surface area contributed by atoms with Crippen molar-refractivity contribution in [2.24, 2.45) is 16.7 Å². The molecule has 1 saturated carbocycles. The molecule has 120 valence electrons. The van der Waals surface area contributed by atoms with E-state index in [0.717, 1.165) is 0 Å². The average molecular weight is 304 g/mol. The van der Waals surface area contributed by atoms with Gasteiger partial charge >= 0.3 is 11.9 Å². The fraction of sp³-hybridized carbons (Fsp3) is 0.556. The minimum atomic E-state index is -0.708. The van der Waals surface area contributed by atoms with Gasteiger partial charge in [-0.25, -0.2) is 0 Å². The highest BCUT2D eigenvalue weighted by Crippen LogP contribution is 2.56. The van der Waals surface area contributed by atoms with Crippen LogP contribution < -0.4 is 4.74 Å². The maximum atomic E-state index is 12.7. The molecule has 1 aliphatic rings. The summed E-state index contributed by atoms with van der Waals surface area (Å²) in [6.07, 6.45) is 1.27. The molecule has 0 N–H and O–H groups in total. The van der Waals surface area contributed by atoms with E-state index in [0.29, 0.717) is 25.2 Å². The van der Waals surface area contributed by atoms with Crippen LogP contribution in [0.2, 0.25) is 0 Å². The molecule has 1 aromatic rings. The summed E-state index contributed by atoms with van der Waals surface area (Å²) < 4.78 is 10.7. The molecule has 2 rings (SSSR count). The Morgan fingerprint density at radius 2 is 1.82 bits per heavy atom. The molecule has 0 amide bonds. The molecule has 4 heteroatoms. The van der Waals surface area contributed by atoms with Gasteiger partial charge in [0.25, 0.3) is 0 Å². The number of para-hydroxylation sites is 1. The number of rotatable bonds is 4. The van der Waals surface area contributed by atoms with Crippen LogP contribution in [0.5, 0.6) is 5.75 Å². The highest BCUT2D eigenvalue weighted by Gasteiger charge is 2.59. The van der Waals surface area contributed by atoms with Gasteiger partial charge < -0.3 is 9.47 Å². The van der Waals surface area contributed by atoms with Crippen molar-refractivity contribution in [3.63, 3.8) is 0 Å². The van der Waals surface area contributed by atoms with E-state index in [-0.39, 0.29) is 17.9 Å². The van der Waals surface area contributed by atoms with Crippen LogP contribution in [0.15, 0.2) is 30.3 Å². The molecule has 0 saturated heterocycles. The molecule has 0 bridgehead atoms. The lowest BCUT2D eigenvalue weighted by atomic mass is 9.65. The van der Waals surface area contributed by atoms with Crippen LogP contribution in [-0.2, 0) is 14.3 Å². The molecule has 0 spiro atoms. The number of hydrogen-bond acceptors (Lipinski definition) is 4. The van der Waals surface area contributed by atoms with Crippen molar-refractivity contribution in [1.82, 2.24) is 0 Å². The second-order valence-electron chi connectivity index (χ2n) is 6.60. The molecule has 2 atom stereocenters. The Bertz CT molecular complexity index is 549. The SMILES string of the molecule is CCOC(=O)[C@H]1CC[C@@](C)(C(=O)Oc2ccccc2)C1(C)C. The number of hydrogen-bond donors (Lipinski definition) is 0. The molecule has 1 fully saturated rings. The largest absolute Gasteiger partial charge is 0.466 e. The van der Waals surface area contributed by atoms with E-state index < -0.39 is 10.8 Å². The third-order valence-corrected chi connectivity index (χ3v) is 5.20. The number of benzene rings is 1. The summed E-state index contributed by atoms with van der Waals surface area (Å²) in [4.78, 5) is 24.9. The van der Waals surface area contributed by atoms with Crippen molar-refractivity contribution < 1.29 is 19.1 Å². The summed E-state index contributed by atoms with van der Waals surface area (Å²) >= 11 is 0. The van der Waals surface area contributed by atoms with Gasteiger partial charge in [0.15, 0.2) is 0 Å². The zero-order valence-corrected chi connectivity index (χ0v) is 13.7. The molecule has 0 heterocycles. The van der Waals surface area contributed by atoms with Crippen LogP contribution >= 0.6 is 0 Å². The zero-order valence-electron chi connectivity index (χ0n) is 13.7. The molecule has 1 aromatic carbocycles. The molecule has 0 aromatic heterocycles.